The third-order valence-electron chi connectivity index (χ3n) is 5.69. The van der Waals surface area contributed by atoms with Crippen molar-refractivity contribution < 1.29 is 14.3 Å². The van der Waals surface area contributed by atoms with Gasteiger partial charge in [0.15, 0.2) is 0 Å². The van der Waals surface area contributed by atoms with E-state index in [9.17, 15) is 14.3 Å². The summed E-state index contributed by atoms with van der Waals surface area (Å²) in [5.74, 6) is -0.348. The highest BCUT2D eigenvalue weighted by Gasteiger charge is 2.42. The highest BCUT2D eigenvalue weighted by atomic mass is 32.1. The first-order valence-corrected chi connectivity index (χ1v) is 9.55. The first kappa shape index (κ1) is 16.5. The first-order chi connectivity index (χ1) is 12.0. The van der Waals surface area contributed by atoms with Gasteiger partial charge in [-0.25, -0.2) is 9.18 Å². The smallest absolute Gasteiger partial charge is 0.412 e. The number of rotatable bonds is 3. The van der Waals surface area contributed by atoms with Crippen LogP contribution in [0.5, 0.6) is 0 Å². The summed E-state index contributed by atoms with van der Waals surface area (Å²) in [7, 11) is 2.14. The number of hydrogen-bond donors (Lipinski definition) is 1. The van der Waals surface area contributed by atoms with E-state index in [1.165, 1.54) is 28.4 Å². The number of benzene rings is 1. The number of thiophene rings is 1. The van der Waals surface area contributed by atoms with E-state index in [4.69, 9.17) is 0 Å². The van der Waals surface area contributed by atoms with Gasteiger partial charge in [0, 0.05) is 23.7 Å². The van der Waals surface area contributed by atoms with Crippen molar-refractivity contribution in [2.45, 2.75) is 43.8 Å². The average molecular weight is 360 g/mol. The SMILES string of the molecule is CN1C2CCC1CC(N(C(=O)O)c1ccc(F)cc1-c1ccsc1)C2. The fraction of sp³-hybridized carbons (Fsp3) is 0.421. The predicted molar refractivity (Wildman–Crippen MR) is 97.8 cm³/mol. The van der Waals surface area contributed by atoms with E-state index in [1.807, 2.05) is 16.8 Å². The third-order valence-corrected chi connectivity index (χ3v) is 6.38. The molecular formula is C19H21FN2O2S. The monoisotopic (exact) mass is 360 g/mol. The Morgan fingerprint density at radius 3 is 2.60 bits per heavy atom. The van der Waals surface area contributed by atoms with E-state index in [1.54, 1.807) is 6.07 Å². The molecule has 0 saturated carbocycles. The van der Waals surface area contributed by atoms with Crippen molar-refractivity contribution in [2.24, 2.45) is 0 Å². The summed E-state index contributed by atoms with van der Waals surface area (Å²) in [6.45, 7) is 0. The summed E-state index contributed by atoms with van der Waals surface area (Å²) in [6.07, 6.45) is 2.97. The van der Waals surface area contributed by atoms with Gasteiger partial charge in [-0.2, -0.15) is 11.3 Å². The minimum Gasteiger partial charge on any atom is -0.465 e. The van der Waals surface area contributed by atoms with Crippen molar-refractivity contribution in [3.63, 3.8) is 0 Å². The Morgan fingerprint density at radius 2 is 2.00 bits per heavy atom. The summed E-state index contributed by atoms with van der Waals surface area (Å²) in [4.78, 5) is 16.0. The third kappa shape index (κ3) is 2.93. The Bertz CT molecular complexity index is 766. The maximum absolute atomic E-state index is 13.9. The van der Waals surface area contributed by atoms with Crippen LogP contribution in [0.1, 0.15) is 25.7 Å². The van der Waals surface area contributed by atoms with Gasteiger partial charge in [-0.15, -0.1) is 0 Å². The molecule has 132 valence electrons. The van der Waals surface area contributed by atoms with Crippen LogP contribution in [-0.2, 0) is 0 Å². The van der Waals surface area contributed by atoms with Gasteiger partial charge < -0.3 is 10.0 Å². The summed E-state index contributed by atoms with van der Waals surface area (Å²) in [6, 6.07) is 7.12. The molecule has 0 radical (unpaired) electrons. The molecule has 1 amide bonds. The van der Waals surface area contributed by atoms with E-state index in [0.29, 0.717) is 23.3 Å². The lowest BCUT2D eigenvalue weighted by Gasteiger charge is -2.41. The van der Waals surface area contributed by atoms with Crippen LogP contribution in [0.15, 0.2) is 35.0 Å². The van der Waals surface area contributed by atoms with Crippen LogP contribution < -0.4 is 4.90 Å². The molecule has 2 aromatic rings. The summed E-state index contributed by atoms with van der Waals surface area (Å²) in [5.41, 5.74) is 2.10. The van der Waals surface area contributed by atoms with Crippen molar-refractivity contribution in [3.05, 3.63) is 40.8 Å². The summed E-state index contributed by atoms with van der Waals surface area (Å²) >= 11 is 1.52. The van der Waals surface area contributed by atoms with Gasteiger partial charge >= 0.3 is 6.09 Å². The number of nitrogens with zero attached hydrogens (tertiary/aromatic N) is 2. The van der Waals surface area contributed by atoms with E-state index in [2.05, 4.69) is 11.9 Å². The first-order valence-electron chi connectivity index (χ1n) is 8.61. The number of anilines is 1. The van der Waals surface area contributed by atoms with Crippen molar-refractivity contribution in [2.75, 3.05) is 11.9 Å². The molecule has 2 fully saturated rings. The lowest BCUT2D eigenvalue weighted by molar-refractivity contribution is 0.151. The maximum atomic E-state index is 13.9. The Labute approximate surface area is 150 Å². The van der Waals surface area contributed by atoms with Crippen LogP contribution in [0.3, 0.4) is 0 Å². The molecule has 25 heavy (non-hydrogen) atoms. The molecule has 0 aliphatic carbocycles. The van der Waals surface area contributed by atoms with Crippen molar-refractivity contribution in [3.8, 4) is 11.1 Å². The second-order valence-corrected chi connectivity index (χ2v) is 7.78. The molecule has 2 aliphatic rings. The Kier molecular flexibility index (Phi) is 4.25. The fourth-order valence-corrected chi connectivity index (χ4v) is 5.07. The average Bonchev–Trinajstić information content (AvgIpc) is 3.16. The quantitative estimate of drug-likeness (QED) is 0.865. The lowest BCUT2D eigenvalue weighted by atomic mass is 9.95. The predicted octanol–water partition coefficient (Wildman–Crippen LogP) is 4.66. The van der Waals surface area contributed by atoms with Gasteiger partial charge in [-0.05, 0) is 73.3 Å². The van der Waals surface area contributed by atoms with Gasteiger partial charge in [0.05, 0.1) is 5.69 Å². The number of amides is 1. The zero-order valence-electron chi connectivity index (χ0n) is 14.1. The van der Waals surface area contributed by atoms with Crippen LogP contribution in [0.25, 0.3) is 11.1 Å². The Balaban J connectivity index is 1.74. The van der Waals surface area contributed by atoms with Crippen LogP contribution in [0, 0.1) is 5.82 Å². The van der Waals surface area contributed by atoms with Gasteiger partial charge in [-0.1, -0.05) is 0 Å². The number of carboxylic acid groups (broad SMARTS) is 1. The second-order valence-electron chi connectivity index (χ2n) is 7.00. The van der Waals surface area contributed by atoms with E-state index in [0.717, 1.165) is 31.2 Å². The minimum atomic E-state index is -0.961. The van der Waals surface area contributed by atoms with Gasteiger partial charge in [0.2, 0.25) is 0 Å². The number of fused-ring (bicyclic) bond motifs is 2. The molecule has 1 aromatic carbocycles. The molecule has 2 atom stereocenters. The molecule has 4 rings (SSSR count). The zero-order valence-corrected chi connectivity index (χ0v) is 14.9. The number of hydrogen-bond acceptors (Lipinski definition) is 3. The minimum absolute atomic E-state index is 0.0611. The lowest BCUT2D eigenvalue weighted by Crippen LogP contribution is -2.50. The van der Waals surface area contributed by atoms with Crippen molar-refractivity contribution >= 4 is 23.1 Å². The number of halogens is 1. The topological polar surface area (TPSA) is 43.8 Å². The molecule has 0 spiro atoms. The Morgan fingerprint density at radius 1 is 1.28 bits per heavy atom. The Hall–Kier alpha value is -1.92. The molecule has 2 saturated heterocycles. The van der Waals surface area contributed by atoms with Gasteiger partial charge in [-0.3, -0.25) is 4.90 Å². The molecule has 1 N–H and O–H groups in total. The molecule has 3 heterocycles. The molecule has 2 aliphatic heterocycles. The fourth-order valence-electron chi connectivity index (χ4n) is 4.42. The van der Waals surface area contributed by atoms with Crippen LogP contribution in [0.2, 0.25) is 0 Å². The van der Waals surface area contributed by atoms with Crippen LogP contribution >= 0.6 is 11.3 Å². The largest absolute Gasteiger partial charge is 0.465 e. The second kappa shape index (κ2) is 6.42. The standard InChI is InChI=1S/C19H21FN2O2S/c1-21-14-3-4-15(21)10-16(9-14)22(19(23)24)18-5-2-13(20)8-17(18)12-6-7-25-11-12/h2,5-8,11,14-16H,3-4,9-10H2,1H3,(H,23,24). The highest BCUT2D eigenvalue weighted by Crippen LogP contribution is 2.40. The molecule has 4 nitrogen and oxygen atoms in total. The molecule has 2 bridgehead atoms. The normalized spacial score (nSPS) is 25.9. The molecule has 1 aromatic heterocycles. The number of carbonyl (C=O) groups is 1. The van der Waals surface area contributed by atoms with Gasteiger partial charge in [0.25, 0.3) is 0 Å². The van der Waals surface area contributed by atoms with Crippen molar-refractivity contribution in [1.82, 2.24) is 4.90 Å². The zero-order chi connectivity index (χ0) is 17.6. The number of piperidine rings is 1. The molecular weight excluding hydrogens is 339 g/mol. The van der Waals surface area contributed by atoms with Gasteiger partial charge in [0.1, 0.15) is 5.82 Å². The van der Waals surface area contributed by atoms with E-state index >= 15 is 0 Å². The summed E-state index contributed by atoms with van der Waals surface area (Å²) in [5, 5.41) is 13.8. The molecule has 6 heteroatoms. The van der Waals surface area contributed by atoms with Crippen LogP contribution in [-0.4, -0.2) is 41.3 Å². The maximum Gasteiger partial charge on any atom is 0.412 e. The molecule has 2 unspecified atom stereocenters. The van der Waals surface area contributed by atoms with E-state index in [-0.39, 0.29) is 11.9 Å². The highest BCUT2D eigenvalue weighted by molar-refractivity contribution is 7.08. The van der Waals surface area contributed by atoms with Crippen LogP contribution in [0.4, 0.5) is 14.9 Å². The van der Waals surface area contributed by atoms with Crippen molar-refractivity contribution in [1.29, 1.82) is 0 Å². The summed E-state index contributed by atoms with van der Waals surface area (Å²) < 4.78 is 13.9. The van der Waals surface area contributed by atoms with E-state index < -0.39 is 6.09 Å².